The largest absolute Gasteiger partial charge is 0.271 e. The Morgan fingerprint density at radius 1 is 0.906 bits per heavy atom. The van der Waals surface area contributed by atoms with Gasteiger partial charge in [-0.25, -0.2) is 8.78 Å². The maximum absolute atomic E-state index is 14.6. The molecule has 0 saturated heterocycles. The van der Waals surface area contributed by atoms with E-state index in [0.717, 1.165) is 29.5 Å². The number of fused-ring (bicyclic) bond motifs is 1. The van der Waals surface area contributed by atoms with Crippen LogP contribution in [-0.2, 0) is 0 Å². The fourth-order valence-electron chi connectivity index (χ4n) is 4.85. The Morgan fingerprint density at radius 2 is 1.59 bits per heavy atom. The zero-order valence-corrected chi connectivity index (χ0v) is 17.9. The summed E-state index contributed by atoms with van der Waals surface area (Å²) in [5.41, 5.74) is 2.40. The van der Waals surface area contributed by atoms with E-state index < -0.39 is 23.3 Å². The molecule has 0 bridgehead atoms. The first-order valence-corrected chi connectivity index (χ1v) is 11.1. The van der Waals surface area contributed by atoms with Crippen molar-refractivity contribution in [2.75, 3.05) is 0 Å². The van der Waals surface area contributed by atoms with Crippen LogP contribution in [0.5, 0.6) is 0 Å². The summed E-state index contributed by atoms with van der Waals surface area (Å²) in [5.74, 6) is -0.595. The van der Waals surface area contributed by atoms with E-state index in [1.54, 1.807) is 12.1 Å². The molecule has 0 radical (unpaired) electrons. The summed E-state index contributed by atoms with van der Waals surface area (Å²) >= 11 is 0. The van der Waals surface area contributed by atoms with Crippen molar-refractivity contribution < 1.29 is 17.6 Å². The number of rotatable bonds is 6. The molecule has 1 saturated carbocycles. The molecule has 1 fully saturated rings. The molecule has 0 unspecified atom stereocenters. The lowest BCUT2D eigenvalue weighted by molar-refractivity contribution is 0.312. The highest BCUT2D eigenvalue weighted by molar-refractivity contribution is 5.89. The lowest BCUT2D eigenvalue weighted by Crippen LogP contribution is -2.13. The predicted octanol–water partition coefficient (Wildman–Crippen LogP) is 9.26. The van der Waals surface area contributed by atoms with Crippen LogP contribution in [0.15, 0.2) is 67.3 Å². The van der Waals surface area contributed by atoms with Crippen LogP contribution < -0.4 is 0 Å². The molecule has 0 aromatic heterocycles. The van der Waals surface area contributed by atoms with Crippen LogP contribution in [0.3, 0.4) is 0 Å². The van der Waals surface area contributed by atoms with Crippen molar-refractivity contribution in [1.82, 2.24) is 0 Å². The predicted molar refractivity (Wildman–Crippen MR) is 124 cm³/mol. The SMILES string of the molecule is C=CCCC1CCC(c2ccc(-c3ccc4c(F)c(C=C(F)F)c(F)cc4c3)cc2)CC1. The third-order valence-electron chi connectivity index (χ3n) is 6.66. The van der Waals surface area contributed by atoms with Crippen LogP contribution in [0, 0.1) is 17.6 Å². The summed E-state index contributed by atoms with van der Waals surface area (Å²) in [6.45, 7) is 3.81. The Morgan fingerprint density at radius 3 is 2.25 bits per heavy atom. The lowest BCUT2D eigenvalue weighted by Gasteiger charge is -2.28. The van der Waals surface area contributed by atoms with Crippen molar-refractivity contribution in [2.24, 2.45) is 5.92 Å². The van der Waals surface area contributed by atoms with E-state index in [1.165, 1.54) is 43.7 Å². The normalized spacial score (nSPS) is 18.5. The third-order valence-corrected chi connectivity index (χ3v) is 6.66. The van der Waals surface area contributed by atoms with Gasteiger partial charge < -0.3 is 0 Å². The zero-order chi connectivity index (χ0) is 22.7. The second-order valence-corrected chi connectivity index (χ2v) is 8.66. The minimum absolute atomic E-state index is 0.118. The van der Waals surface area contributed by atoms with Crippen molar-refractivity contribution >= 4 is 16.8 Å². The molecule has 32 heavy (non-hydrogen) atoms. The van der Waals surface area contributed by atoms with Crippen LogP contribution in [0.1, 0.15) is 55.6 Å². The van der Waals surface area contributed by atoms with E-state index in [-0.39, 0.29) is 11.5 Å². The molecule has 0 atom stereocenters. The van der Waals surface area contributed by atoms with Gasteiger partial charge >= 0.3 is 0 Å². The molecule has 4 heteroatoms. The number of benzene rings is 3. The van der Waals surface area contributed by atoms with Gasteiger partial charge in [-0.1, -0.05) is 42.5 Å². The molecule has 0 amide bonds. The smallest absolute Gasteiger partial charge is 0.206 e. The average molecular weight is 439 g/mol. The molecule has 0 spiro atoms. The van der Waals surface area contributed by atoms with Gasteiger partial charge in [-0.2, -0.15) is 8.78 Å². The maximum atomic E-state index is 14.6. The van der Waals surface area contributed by atoms with Gasteiger partial charge in [0.05, 0.1) is 5.56 Å². The van der Waals surface area contributed by atoms with Crippen molar-refractivity contribution in [3.05, 3.63) is 90.0 Å². The number of allylic oxidation sites excluding steroid dienone is 1. The molecule has 3 aromatic rings. The number of hydrogen-bond donors (Lipinski definition) is 0. The topological polar surface area (TPSA) is 0 Å². The Kier molecular flexibility index (Phi) is 6.78. The van der Waals surface area contributed by atoms with E-state index in [0.29, 0.717) is 11.3 Å². The molecular formula is C28H26F4. The standard InChI is InChI=1S/C28H26F4/c1-2-3-4-18-5-7-19(8-6-18)20-9-11-21(12-10-20)22-13-14-24-23(15-22)16-26(29)25(28(24)32)17-27(30)31/h2,9-19H,1,3-8H2. The fourth-order valence-corrected chi connectivity index (χ4v) is 4.85. The van der Waals surface area contributed by atoms with Gasteiger partial charge in [0, 0.05) is 11.5 Å². The Balaban J connectivity index is 1.53. The summed E-state index contributed by atoms with van der Waals surface area (Å²) in [5, 5.41) is 0.461. The van der Waals surface area contributed by atoms with Gasteiger partial charge in [-0.15, -0.1) is 6.58 Å². The zero-order valence-electron chi connectivity index (χ0n) is 17.9. The van der Waals surface area contributed by atoms with E-state index in [9.17, 15) is 17.6 Å². The van der Waals surface area contributed by atoms with Crippen LogP contribution in [0.25, 0.3) is 28.0 Å². The minimum Gasteiger partial charge on any atom is -0.206 e. The summed E-state index contributed by atoms with van der Waals surface area (Å²) in [6, 6.07) is 14.4. The third kappa shape index (κ3) is 4.79. The molecule has 0 nitrogen and oxygen atoms in total. The van der Waals surface area contributed by atoms with Crippen LogP contribution in [0.4, 0.5) is 17.6 Å². The van der Waals surface area contributed by atoms with Gasteiger partial charge in [0.2, 0.25) is 0 Å². The molecule has 0 aliphatic heterocycles. The van der Waals surface area contributed by atoms with Crippen LogP contribution >= 0.6 is 0 Å². The Hall–Kier alpha value is -2.88. The van der Waals surface area contributed by atoms with Crippen molar-refractivity contribution in [3.63, 3.8) is 0 Å². The monoisotopic (exact) mass is 438 g/mol. The fraction of sp³-hybridized carbons (Fsp3) is 0.286. The van der Waals surface area contributed by atoms with Gasteiger partial charge in [-0.3, -0.25) is 0 Å². The van der Waals surface area contributed by atoms with Crippen molar-refractivity contribution in [3.8, 4) is 11.1 Å². The highest BCUT2D eigenvalue weighted by Crippen LogP contribution is 2.38. The highest BCUT2D eigenvalue weighted by Gasteiger charge is 2.22. The van der Waals surface area contributed by atoms with Crippen molar-refractivity contribution in [2.45, 2.75) is 44.4 Å². The van der Waals surface area contributed by atoms with Gasteiger partial charge in [0.25, 0.3) is 6.08 Å². The average Bonchev–Trinajstić information content (AvgIpc) is 2.80. The van der Waals surface area contributed by atoms with E-state index in [1.807, 2.05) is 18.2 Å². The maximum Gasteiger partial charge on any atom is 0.271 e. The number of hydrogen-bond acceptors (Lipinski definition) is 0. The Labute approximate surface area is 186 Å². The van der Waals surface area contributed by atoms with Gasteiger partial charge in [-0.05, 0) is 84.6 Å². The summed E-state index contributed by atoms with van der Waals surface area (Å²) in [7, 11) is 0. The lowest BCUT2D eigenvalue weighted by atomic mass is 9.77. The first-order valence-electron chi connectivity index (χ1n) is 11.1. The van der Waals surface area contributed by atoms with E-state index >= 15 is 0 Å². The molecule has 3 aromatic carbocycles. The minimum atomic E-state index is -2.14. The van der Waals surface area contributed by atoms with Gasteiger partial charge in [0.1, 0.15) is 11.6 Å². The molecule has 0 N–H and O–H groups in total. The quantitative estimate of drug-likeness (QED) is 0.266. The van der Waals surface area contributed by atoms with E-state index in [2.05, 4.69) is 18.7 Å². The second-order valence-electron chi connectivity index (χ2n) is 8.66. The molecule has 1 aliphatic rings. The summed E-state index contributed by atoms with van der Waals surface area (Å²) < 4.78 is 53.8. The molecule has 1 aliphatic carbocycles. The number of halogens is 4. The Bertz CT molecular complexity index is 1130. The van der Waals surface area contributed by atoms with Gasteiger partial charge in [0.15, 0.2) is 0 Å². The first-order chi connectivity index (χ1) is 15.5. The molecule has 4 rings (SSSR count). The second kappa shape index (κ2) is 9.72. The molecular weight excluding hydrogens is 412 g/mol. The first kappa shape index (κ1) is 22.3. The summed E-state index contributed by atoms with van der Waals surface area (Å²) in [4.78, 5) is 0. The highest BCUT2D eigenvalue weighted by atomic mass is 19.3. The van der Waals surface area contributed by atoms with Crippen LogP contribution in [0.2, 0.25) is 0 Å². The summed E-state index contributed by atoms with van der Waals surface area (Å²) in [6.07, 6.45) is 7.33. The van der Waals surface area contributed by atoms with Crippen LogP contribution in [-0.4, -0.2) is 0 Å². The molecule has 166 valence electrons. The molecule has 0 heterocycles. The van der Waals surface area contributed by atoms with E-state index in [4.69, 9.17) is 0 Å². The van der Waals surface area contributed by atoms with Crippen molar-refractivity contribution in [1.29, 1.82) is 0 Å².